The Labute approximate surface area is 123 Å². The summed E-state index contributed by atoms with van der Waals surface area (Å²) in [5.74, 6) is 1.39. The van der Waals surface area contributed by atoms with Crippen LogP contribution >= 0.6 is 0 Å². The Morgan fingerprint density at radius 1 is 1.20 bits per heavy atom. The molecule has 4 nitrogen and oxygen atoms in total. The monoisotopic (exact) mass is 279 g/mol. The minimum Gasteiger partial charge on any atom is -0.385 e. The molecule has 0 saturated carbocycles. The van der Waals surface area contributed by atoms with Gasteiger partial charge in [-0.25, -0.2) is 9.97 Å². The molecule has 0 amide bonds. The molecule has 0 fully saturated rings. The molecule has 1 heterocycles. The van der Waals surface area contributed by atoms with E-state index in [2.05, 4.69) is 43.0 Å². The second kappa shape index (κ2) is 9.03. The van der Waals surface area contributed by atoms with E-state index in [1.807, 2.05) is 0 Å². The van der Waals surface area contributed by atoms with Crippen molar-refractivity contribution in [2.75, 3.05) is 26.8 Å². The van der Waals surface area contributed by atoms with Gasteiger partial charge in [0, 0.05) is 38.1 Å². The third kappa shape index (κ3) is 5.17. The van der Waals surface area contributed by atoms with Crippen molar-refractivity contribution in [3.63, 3.8) is 0 Å². The highest BCUT2D eigenvalue weighted by molar-refractivity contribution is 5.28. The number of rotatable bonds is 9. The van der Waals surface area contributed by atoms with Crippen LogP contribution in [0.3, 0.4) is 0 Å². The van der Waals surface area contributed by atoms with Crippen LogP contribution in [0.15, 0.2) is 0 Å². The number of nitrogens with zero attached hydrogens (tertiary/aromatic N) is 2. The van der Waals surface area contributed by atoms with Crippen LogP contribution in [0.25, 0.3) is 0 Å². The van der Waals surface area contributed by atoms with Gasteiger partial charge in [-0.3, -0.25) is 0 Å². The summed E-state index contributed by atoms with van der Waals surface area (Å²) in [7, 11) is 1.73. The third-order valence-corrected chi connectivity index (χ3v) is 3.49. The summed E-state index contributed by atoms with van der Waals surface area (Å²) in [6.07, 6.45) is 3.03. The predicted molar refractivity (Wildman–Crippen MR) is 83.3 cm³/mol. The van der Waals surface area contributed by atoms with E-state index in [1.54, 1.807) is 7.11 Å². The molecular weight excluding hydrogens is 250 g/mol. The van der Waals surface area contributed by atoms with E-state index in [1.165, 1.54) is 12.0 Å². The molecule has 0 spiro atoms. The molecule has 0 aromatic carbocycles. The summed E-state index contributed by atoms with van der Waals surface area (Å²) in [4.78, 5) is 9.32. The van der Waals surface area contributed by atoms with Gasteiger partial charge >= 0.3 is 0 Å². The van der Waals surface area contributed by atoms with Gasteiger partial charge in [0.25, 0.3) is 0 Å². The van der Waals surface area contributed by atoms with Gasteiger partial charge in [-0.05, 0) is 44.7 Å². The molecule has 114 valence electrons. The first kappa shape index (κ1) is 17.1. The van der Waals surface area contributed by atoms with Crippen molar-refractivity contribution in [1.29, 1.82) is 0 Å². The van der Waals surface area contributed by atoms with Crippen LogP contribution in [-0.2, 0) is 11.2 Å². The minimum absolute atomic E-state index is 0.453. The summed E-state index contributed by atoms with van der Waals surface area (Å²) in [5, 5.41) is 3.47. The van der Waals surface area contributed by atoms with Crippen molar-refractivity contribution in [1.82, 2.24) is 15.3 Å². The Hall–Kier alpha value is -1.00. The van der Waals surface area contributed by atoms with Gasteiger partial charge < -0.3 is 10.1 Å². The highest BCUT2D eigenvalue weighted by atomic mass is 16.5. The smallest absolute Gasteiger partial charge is 0.128 e. The summed E-state index contributed by atoms with van der Waals surface area (Å²) >= 11 is 0. The first-order valence-electron chi connectivity index (χ1n) is 7.63. The first-order chi connectivity index (χ1) is 9.60. The Morgan fingerprint density at radius 3 is 2.40 bits per heavy atom. The Balaban J connectivity index is 2.72. The largest absolute Gasteiger partial charge is 0.385 e. The number of aromatic nitrogens is 2. The molecule has 1 aromatic heterocycles. The molecule has 0 aliphatic heterocycles. The number of ether oxygens (including phenoxy) is 1. The van der Waals surface area contributed by atoms with E-state index in [4.69, 9.17) is 4.74 Å². The van der Waals surface area contributed by atoms with Crippen molar-refractivity contribution in [2.24, 2.45) is 0 Å². The molecule has 1 atom stereocenters. The van der Waals surface area contributed by atoms with Gasteiger partial charge in [0.15, 0.2) is 0 Å². The fourth-order valence-corrected chi connectivity index (χ4v) is 2.59. The molecule has 0 aliphatic rings. The second-order valence-electron chi connectivity index (χ2n) is 5.43. The lowest BCUT2D eigenvalue weighted by Gasteiger charge is -2.18. The maximum absolute atomic E-state index is 5.08. The summed E-state index contributed by atoms with van der Waals surface area (Å²) in [6, 6.07) is 0. The van der Waals surface area contributed by atoms with E-state index in [-0.39, 0.29) is 0 Å². The Morgan fingerprint density at radius 2 is 1.85 bits per heavy atom. The maximum atomic E-state index is 5.08. The number of aryl methyl sites for hydroxylation is 3. The molecule has 1 rings (SSSR count). The van der Waals surface area contributed by atoms with Gasteiger partial charge in [-0.15, -0.1) is 0 Å². The summed E-state index contributed by atoms with van der Waals surface area (Å²) < 4.78 is 5.08. The van der Waals surface area contributed by atoms with Crippen LogP contribution in [0.4, 0.5) is 0 Å². The van der Waals surface area contributed by atoms with Gasteiger partial charge in [0.2, 0.25) is 0 Å². The highest BCUT2D eigenvalue weighted by Crippen LogP contribution is 2.21. The lowest BCUT2D eigenvalue weighted by molar-refractivity contribution is 0.194. The molecule has 0 bridgehead atoms. The van der Waals surface area contributed by atoms with Crippen LogP contribution in [-0.4, -0.2) is 36.8 Å². The maximum Gasteiger partial charge on any atom is 0.128 e. The Bertz CT molecular complexity index is 384. The molecule has 0 aliphatic carbocycles. The lowest BCUT2D eigenvalue weighted by atomic mass is 9.98. The van der Waals surface area contributed by atoms with Crippen LogP contribution in [0.2, 0.25) is 0 Å². The van der Waals surface area contributed by atoms with Gasteiger partial charge in [0.05, 0.1) is 0 Å². The molecule has 1 aromatic rings. The average molecular weight is 279 g/mol. The molecule has 20 heavy (non-hydrogen) atoms. The molecule has 0 saturated heterocycles. The minimum atomic E-state index is 0.453. The average Bonchev–Trinajstić information content (AvgIpc) is 2.38. The zero-order valence-corrected chi connectivity index (χ0v) is 13.6. The van der Waals surface area contributed by atoms with Crippen molar-refractivity contribution >= 4 is 0 Å². The highest BCUT2D eigenvalue weighted by Gasteiger charge is 2.14. The zero-order chi connectivity index (χ0) is 15.0. The summed E-state index contributed by atoms with van der Waals surface area (Å²) in [5.41, 5.74) is 3.54. The molecule has 0 radical (unpaired) electrons. The number of hydrogen-bond donors (Lipinski definition) is 1. The van der Waals surface area contributed by atoms with E-state index in [9.17, 15) is 0 Å². The Kier molecular flexibility index (Phi) is 7.70. The van der Waals surface area contributed by atoms with Crippen LogP contribution in [0.5, 0.6) is 0 Å². The van der Waals surface area contributed by atoms with Gasteiger partial charge in [-0.1, -0.05) is 13.8 Å². The summed E-state index contributed by atoms with van der Waals surface area (Å²) in [6.45, 7) is 11.4. The number of nitrogens with one attached hydrogen (secondary N) is 1. The van der Waals surface area contributed by atoms with Crippen molar-refractivity contribution < 1.29 is 4.74 Å². The molecule has 1 N–H and O–H groups in total. The second-order valence-corrected chi connectivity index (χ2v) is 5.43. The van der Waals surface area contributed by atoms with Crippen molar-refractivity contribution in [3.05, 3.63) is 22.8 Å². The van der Waals surface area contributed by atoms with E-state index < -0.39 is 0 Å². The third-order valence-electron chi connectivity index (χ3n) is 3.49. The van der Waals surface area contributed by atoms with Gasteiger partial charge in [-0.2, -0.15) is 0 Å². The number of hydrogen-bond acceptors (Lipinski definition) is 4. The quantitative estimate of drug-likeness (QED) is 0.706. The lowest BCUT2D eigenvalue weighted by Crippen LogP contribution is -2.22. The van der Waals surface area contributed by atoms with Crippen LogP contribution < -0.4 is 5.32 Å². The van der Waals surface area contributed by atoms with Gasteiger partial charge in [0.1, 0.15) is 5.82 Å². The van der Waals surface area contributed by atoms with E-state index in [0.29, 0.717) is 5.92 Å². The SMILES string of the molecule is CCCNCC(C)c1c(C)nc(CCCOC)nc1C. The standard InChI is InChI=1S/C16H29N3O/c1-6-9-17-11-12(2)16-13(3)18-15(19-14(16)4)8-7-10-20-5/h12,17H,6-11H2,1-5H3. The zero-order valence-electron chi connectivity index (χ0n) is 13.6. The molecular formula is C16H29N3O. The van der Waals surface area contributed by atoms with Crippen molar-refractivity contribution in [2.45, 2.75) is 52.9 Å². The van der Waals surface area contributed by atoms with Crippen molar-refractivity contribution in [3.8, 4) is 0 Å². The topological polar surface area (TPSA) is 47.0 Å². The first-order valence-corrected chi connectivity index (χ1v) is 7.63. The predicted octanol–water partition coefficient (Wildman–Crippen LogP) is 2.78. The molecule has 1 unspecified atom stereocenters. The van der Waals surface area contributed by atoms with E-state index >= 15 is 0 Å². The fourth-order valence-electron chi connectivity index (χ4n) is 2.59. The van der Waals surface area contributed by atoms with Crippen LogP contribution in [0, 0.1) is 13.8 Å². The fraction of sp³-hybridized carbons (Fsp3) is 0.750. The van der Waals surface area contributed by atoms with E-state index in [0.717, 1.165) is 49.8 Å². The normalized spacial score (nSPS) is 12.7. The van der Waals surface area contributed by atoms with Crippen LogP contribution in [0.1, 0.15) is 55.4 Å². The molecule has 4 heteroatoms. The number of methoxy groups -OCH3 is 1.